The molecular weight excluding hydrogens is 532 g/mol. The predicted molar refractivity (Wildman–Crippen MR) is 163 cm³/mol. The number of esters is 1. The van der Waals surface area contributed by atoms with E-state index in [-0.39, 0.29) is 31.2 Å². The molecule has 0 aliphatic heterocycles. The lowest BCUT2D eigenvalue weighted by Crippen LogP contribution is -2.50. The van der Waals surface area contributed by atoms with E-state index in [0.29, 0.717) is 0 Å². The van der Waals surface area contributed by atoms with Crippen LogP contribution < -0.4 is 10.6 Å². The van der Waals surface area contributed by atoms with E-state index in [9.17, 15) is 14.4 Å². The molecule has 4 rings (SSSR count). The van der Waals surface area contributed by atoms with Gasteiger partial charge in [0.2, 0.25) is 11.8 Å². The van der Waals surface area contributed by atoms with Crippen LogP contribution in [0.2, 0.25) is 0 Å². The first-order valence-corrected chi connectivity index (χ1v) is 14.6. The number of hydrogen-bond acceptors (Lipinski definition) is 5. The molecule has 41 heavy (non-hydrogen) atoms. The molecule has 0 heterocycles. The van der Waals surface area contributed by atoms with Gasteiger partial charge in [-0.3, -0.25) is 14.4 Å². The van der Waals surface area contributed by atoms with E-state index in [2.05, 4.69) is 47.0 Å². The predicted octanol–water partition coefficient (Wildman–Crippen LogP) is 5.12. The molecule has 0 aliphatic carbocycles. The fourth-order valence-electron chi connectivity index (χ4n) is 4.68. The smallest absolute Gasteiger partial charge is 0.325 e. The molecule has 0 spiro atoms. The molecule has 2 amide bonds. The zero-order valence-corrected chi connectivity index (χ0v) is 23.8. The fourth-order valence-corrected chi connectivity index (χ4v) is 6.24. The lowest BCUT2D eigenvalue weighted by molar-refractivity contribution is -0.143. The van der Waals surface area contributed by atoms with Crippen molar-refractivity contribution in [2.24, 2.45) is 0 Å². The van der Waals surface area contributed by atoms with Crippen molar-refractivity contribution < 1.29 is 19.1 Å². The minimum Gasteiger partial charge on any atom is -0.465 e. The van der Waals surface area contributed by atoms with Crippen LogP contribution in [0.4, 0.5) is 0 Å². The van der Waals surface area contributed by atoms with E-state index in [0.717, 1.165) is 22.3 Å². The first kappa shape index (κ1) is 29.6. The first-order valence-electron chi connectivity index (χ1n) is 13.6. The molecule has 1 atom stereocenters. The summed E-state index contributed by atoms with van der Waals surface area (Å²) in [5, 5.41) is 5.57. The summed E-state index contributed by atoms with van der Waals surface area (Å²) < 4.78 is 4.30. The summed E-state index contributed by atoms with van der Waals surface area (Å²) in [4.78, 5) is 38.5. The van der Waals surface area contributed by atoms with Crippen molar-refractivity contribution in [2.45, 2.75) is 24.1 Å². The van der Waals surface area contributed by atoms with Gasteiger partial charge in [-0.25, -0.2) is 0 Å². The molecule has 0 aromatic heterocycles. The van der Waals surface area contributed by atoms with Crippen LogP contribution in [0.25, 0.3) is 0 Å². The van der Waals surface area contributed by atoms with E-state index < -0.39 is 22.7 Å². The zero-order chi connectivity index (χ0) is 28.9. The molecule has 7 heteroatoms. The average Bonchev–Trinajstić information content (AvgIpc) is 3.02. The Bertz CT molecular complexity index is 1300. The summed E-state index contributed by atoms with van der Waals surface area (Å²) in [5.41, 5.74) is 3.98. The van der Waals surface area contributed by atoms with Gasteiger partial charge in [-0.15, -0.1) is 11.8 Å². The molecule has 0 saturated heterocycles. The van der Waals surface area contributed by atoms with Gasteiger partial charge >= 0.3 is 5.97 Å². The number of rotatable bonds is 13. The third kappa shape index (κ3) is 7.86. The summed E-state index contributed by atoms with van der Waals surface area (Å²) in [6.45, 7) is 1.65. The summed E-state index contributed by atoms with van der Waals surface area (Å²) in [5.74, 6) is -1.02. The maximum atomic E-state index is 13.4. The van der Waals surface area contributed by atoms with Gasteiger partial charge in [0.25, 0.3) is 0 Å². The second kappa shape index (κ2) is 14.9. The van der Waals surface area contributed by atoms with E-state index in [1.165, 1.54) is 0 Å². The van der Waals surface area contributed by atoms with Crippen LogP contribution >= 0.6 is 11.8 Å². The van der Waals surface area contributed by atoms with Gasteiger partial charge in [-0.1, -0.05) is 121 Å². The van der Waals surface area contributed by atoms with Crippen LogP contribution in [0.15, 0.2) is 121 Å². The minimum atomic E-state index is -0.902. The summed E-state index contributed by atoms with van der Waals surface area (Å²) in [6, 6.07) is 38.9. The van der Waals surface area contributed by atoms with Crippen LogP contribution in [0.3, 0.4) is 0 Å². The molecule has 0 fully saturated rings. The monoisotopic (exact) mass is 566 g/mol. The zero-order valence-electron chi connectivity index (χ0n) is 23.0. The van der Waals surface area contributed by atoms with Gasteiger partial charge in [0.1, 0.15) is 12.6 Å². The molecule has 0 aliphatic rings. The van der Waals surface area contributed by atoms with Crippen LogP contribution in [-0.4, -0.2) is 42.7 Å². The number of ether oxygens (including phenoxy) is 1. The number of amides is 2. The topological polar surface area (TPSA) is 84.5 Å². The molecule has 6 nitrogen and oxygen atoms in total. The Morgan fingerprint density at radius 2 is 1.20 bits per heavy atom. The fraction of sp³-hybridized carbons (Fsp3) is 0.206. The SMILES string of the molecule is CCOC(=O)CNC(=O)[C@H](CSC(c1ccccc1)(c1ccccc1)c1ccccc1)NC(=O)Cc1ccccc1. The molecule has 0 saturated carbocycles. The number of thioether (sulfide) groups is 1. The lowest BCUT2D eigenvalue weighted by Gasteiger charge is -2.36. The van der Waals surface area contributed by atoms with Gasteiger partial charge in [0, 0.05) is 5.75 Å². The van der Waals surface area contributed by atoms with Crippen molar-refractivity contribution in [1.82, 2.24) is 10.6 Å². The van der Waals surface area contributed by atoms with Crippen molar-refractivity contribution in [3.05, 3.63) is 144 Å². The van der Waals surface area contributed by atoms with Crippen molar-refractivity contribution in [3.63, 3.8) is 0 Å². The lowest BCUT2D eigenvalue weighted by atomic mass is 9.84. The summed E-state index contributed by atoms with van der Waals surface area (Å²) in [7, 11) is 0. The van der Waals surface area contributed by atoms with Gasteiger partial charge in [-0.05, 0) is 29.2 Å². The highest BCUT2D eigenvalue weighted by Crippen LogP contribution is 2.48. The minimum absolute atomic E-state index is 0.133. The number of hydrogen-bond donors (Lipinski definition) is 2. The molecule has 0 unspecified atom stereocenters. The van der Waals surface area contributed by atoms with E-state index in [1.54, 1.807) is 18.7 Å². The third-order valence-corrected chi connectivity index (χ3v) is 8.22. The summed E-state index contributed by atoms with van der Waals surface area (Å²) >= 11 is 1.57. The van der Waals surface area contributed by atoms with Crippen LogP contribution in [0.1, 0.15) is 29.2 Å². The second-order valence-corrected chi connectivity index (χ2v) is 10.6. The maximum absolute atomic E-state index is 13.4. The molecular formula is C34H34N2O4S. The Morgan fingerprint density at radius 3 is 1.66 bits per heavy atom. The van der Waals surface area contributed by atoms with Gasteiger partial charge in [0.05, 0.1) is 17.8 Å². The standard InChI is InChI=1S/C34H34N2O4S/c1-2-40-32(38)24-35-33(39)30(36-31(37)23-26-15-7-3-8-16-26)25-41-34(27-17-9-4-10-18-27,28-19-11-5-12-20-28)29-21-13-6-14-22-29/h3-22,30H,2,23-25H2,1H3,(H,35,39)(H,36,37)/t30-/m0/s1. The number of benzene rings is 4. The van der Waals surface area contributed by atoms with Crippen molar-refractivity contribution in [1.29, 1.82) is 0 Å². The van der Waals surface area contributed by atoms with Crippen molar-refractivity contribution in [3.8, 4) is 0 Å². The molecule has 4 aromatic rings. The molecule has 210 valence electrons. The van der Waals surface area contributed by atoms with Crippen LogP contribution in [-0.2, 0) is 30.3 Å². The molecule has 0 radical (unpaired) electrons. The highest BCUT2D eigenvalue weighted by molar-refractivity contribution is 8.00. The summed E-state index contributed by atoms with van der Waals surface area (Å²) in [6.07, 6.45) is 0.133. The van der Waals surface area contributed by atoms with Gasteiger partial charge in [0.15, 0.2) is 0 Å². The normalized spacial score (nSPS) is 11.7. The Hall–Kier alpha value is -4.36. The molecule has 0 bridgehead atoms. The first-order chi connectivity index (χ1) is 20.0. The Labute approximate surface area is 245 Å². The Balaban J connectivity index is 1.68. The maximum Gasteiger partial charge on any atom is 0.325 e. The molecule has 4 aromatic carbocycles. The number of carbonyl (C=O) groups excluding carboxylic acids is 3. The highest BCUT2D eigenvalue weighted by atomic mass is 32.2. The van der Waals surface area contributed by atoms with Crippen molar-refractivity contribution in [2.75, 3.05) is 18.9 Å². The highest BCUT2D eigenvalue weighted by Gasteiger charge is 2.38. The van der Waals surface area contributed by atoms with Crippen LogP contribution in [0.5, 0.6) is 0 Å². The van der Waals surface area contributed by atoms with E-state index in [1.807, 2.05) is 84.9 Å². The van der Waals surface area contributed by atoms with Gasteiger partial charge in [-0.2, -0.15) is 0 Å². The quantitative estimate of drug-likeness (QED) is 0.173. The number of nitrogens with one attached hydrogen (secondary N) is 2. The molecule has 2 N–H and O–H groups in total. The largest absolute Gasteiger partial charge is 0.465 e. The van der Waals surface area contributed by atoms with Crippen LogP contribution in [0, 0.1) is 0 Å². The van der Waals surface area contributed by atoms with E-state index >= 15 is 0 Å². The number of carbonyl (C=O) groups is 3. The Morgan fingerprint density at radius 1 is 0.732 bits per heavy atom. The Kier molecular flexibility index (Phi) is 10.7. The average molecular weight is 567 g/mol. The van der Waals surface area contributed by atoms with E-state index in [4.69, 9.17) is 4.74 Å². The van der Waals surface area contributed by atoms with Gasteiger partial charge < -0.3 is 15.4 Å². The third-order valence-electron chi connectivity index (χ3n) is 6.58. The second-order valence-electron chi connectivity index (χ2n) is 9.40. The van der Waals surface area contributed by atoms with Crippen molar-refractivity contribution >= 4 is 29.5 Å².